The fourth-order valence-corrected chi connectivity index (χ4v) is 3.63. The quantitative estimate of drug-likeness (QED) is 0.587. The van der Waals surface area contributed by atoms with Crippen molar-refractivity contribution in [2.45, 2.75) is 25.5 Å². The summed E-state index contributed by atoms with van der Waals surface area (Å²) < 4.78 is 7.18. The van der Waals surface area contributed by atoms with Gasteiger partial charge in [-0.1, -0.05) is 17.8 Å². The third-order valence-electron chi connectivity index (χ3n) is 4.01. The summed E-state index contributed by atoms with van der Waals surface area (Å²) >= 11 is 1.35. The van der Waals surface area contributed by atoms with Gasteiger partial charge in [-0.15, -0.1) is 10.2 Å². The van der Waals surface area contributed by atoms with Crippen LogP contribution >= 0.6 is 11.8 Å². The molecule has 0 spiro atoms. The van der Waals surface area contributed by atoms with Gasteiger partial charge in [0.1, 0.15) is 0 Å². The first kappa shape index (κ1) is 20.0. The van der Waals surface area contributed by atoms with Gasteiger partial charge in [0.05, 0.1) is 18.9 Å². The van der Waals surface area contributed by atoms with E-state index in [-0.39, 0.29) is 11.7 Å². The highest BCUT2D eigenvalue weighted by Crippen LogP contribution is 2.24. The van der Waals surface area contributed by atoms with Gasteiger partial charge in [-0.3, -0.25) is 14.3 Å². The lowest BCUT2D eigenvalue weighted by Gasteiger charge is -2.10. The zero-order valence-electron chi connectivity index (χ0n) is 16.2. The van der Waals surface area contributed by atoms with Crippen molar-refractivity contribution >= 4 is 23.4 Å². The van der Waals surface area contributed by atoms with Crippen LogP contribution < -0.4 is 5.32 Å². The molecule has 0 fully saturated rings. The van der Waals surface area contributed by atoms with E-state index in [1.54, 1.807) is 19.5 Å². The van der Waals surface area contributed by atoms with Crippen LogP contribution in [0.15, 0.2) is 47.9 Å². The minimum Gasteiger partial charge on any atom is -0.383 e. The molecule has 3 aromatic rings. The van der Waals surface area contributed by atoms with Gasteiger partial charge in [0.2, 0.25) is 5.91 Å². The van der Waals surface area contributed by atoms with E-state index >= 15 is 0 Å². The molecule has 0 aliphatic heterocycles. The largest absolute Gasteiger partial charge is 0.383 e. The van der Waals surface area contributed by atoms with Gasteiger partial charge in [0.25, 0.3) is 0 Å². The van der Waals surface area contributed by atoms with E-state index < -0.39 is 0 Å². The maximum absolute atomic E-state index is 12.4. The lowest BCUT2D eigenvalue weighted by Crippen LogP contribution is -2.15. The summed E-state index contributed by atoms with van der Waals surface area (Å²) in [5.74, 6) is 0.896. The molecular weight excluding hydrogens is 374 g/mol. The number of anilines is 1. The molecule has 3 rings (SSSR count). The van der Waals surface area contributed by atoms with Gasteiger partial charge in [0.15, 0.2) is 11.0 Å². The molecule has 2 heterocycles. The molecular formula is C20H23N5O2S. The molecule has 1 aromatic carbocycles. The third kappa shape index (κ3) is 5.17. The molecule has 0 aliphatic carbocycles. The molecule has 2 aromatic heterocycles. The minimum absolute atomic E-state index is 0.0817. The first-order valence-corrected chi connectivity index (χ1v) is 9.89. The molecule has 7 nitrogen and oxygen atoms in total. The van der Waals surface area contributed by atoms with Crippen LogP contribution in [0.4, 0.5) is 5.69 Å². The van der Waals surface area contributed by atoms with E-state index in [1.165, 1.54) is 11.8 Å². The van der Waals surface area contributed by atoms with Crippen molar-refractivity contribution in [3.8, 4) is 11.4 Å². The number of nitrogens with zero attached hydrogens (tertiary/aromatic N) is 4. The summed E-state index contributed by atoms with van der Waals surface area (Å²) in [6.45, 7) is 5.15. The average Bonchev–Trinajstić information content (AvgIpc) is 3.07. The highest BCUT2D eigenvalue weighted by atomic mass is 32.2. The summed E-state index contributed by atoms with van der Waals surface area (Å²) in [5.41, 5.74) is 3.96. The van der Waals surface area contributed by atoms with Crippen LogP contribution in [0.3, 0.4) is 0 Å². The van der Waals surface area contributed by atoms with Crippen LogP contribution in [0.5, 0.6) is 0 Å². The number of hydrogen-bond donors (Lipinski definition) is 1. The molecule has 0 radical (unpaired) electrons. The van der Waals surface area contributed by atoms with E-state index in [0.29, 0.717) is 18.3 Å². The van der Waals surface area contributed by atoms with Crippen LogP contribution in [0, 0.1) is 13.8 Å². The number of nitrogens with one attached hydrogen (secondary N) is 1. The van der Waals surface area contributed by atoms with E-state index in [4.69, 9.17) is 4.74 Å². The van der Waals surface area contributed by atoms with Crippen LogP contribution in [-0.2, 0) is 16.1 Å². The summed E-state index contributed by atoms with van der Waals surface area (Å²) in [6.07, 6.45) is 3.43. The number of thioether (sulfide) groups is 1. The second-order valence-electron chi connectivity index (χ2n) is 6.40. The van der Waals surface area contributed by atoms with Crippen LogP contribution in [0.1, 0.15) is 11.1 Å². The number of amides is 1. The molecule has 0 aliphatic rings. The lowest BCUT2D eigenvalue weighted by molar-refractivity contribution is -0.113. The Kier molecular flexibility index (Phi) is 6.78. The maximum Gasteiger partial charge on any atom is 0.234 e. The van der Waals surface area contributed by atoms with Gasteiger partial charge in [-0.05, 0) is 49.2 Å². The van der Waals surface area contributed by atoms with Crippen molar-refractivity contribution in [2.24, 2.45) is 0 Å². The molecule has 1 amide bonds. The molecule has 0 bridgehead atoms. The molecule has 0 saturated heterocycles. The number of carbonyl (C=O) groups is 1. The summed E-state index contributed by atoms with van der Waals surface area (Å²) in [5, 5.41) is 12.2. The number of hydrogen-bond acceptors (Lipinski definition) is 6. The number of methoxy groups -OCH3 is 1. The molecule has 0 atom stereocenters. The lowest BCUT2D eigenvalue weighted by atomic mass is 10.1. The van der Waals surface area contributed by atoms with Crippen molar-refractivity contribution in [2.75, 3.05) is 24.8 Å². The normalized spacial score (nSPS) is 10.8. The Labute approximate surface area is 168 Å². The topological polar surface area (TPSA) is 81.9 Å². The number of pyridine rings is 1. The first-order chi connectivity index (χ1) is 13.6. The van der Waals surface area contributed by atoms with E-state index in [1.807, 2.05) is 42.7 Å². The molecule has 8 heteroatoms. The van der Waals surface area contributed by atoms with Crippen LogP contribution in [0.2, 0.25) is 0 Å². The Morgan fingerprint density at radius 1 is 1.14 bits per heavy atom. The van der Waals surface area contributed by atoms with Crippen molar-refractivity contribution in [3.63, 3.8) is 0 Å². The van der Waals surface area contributed by atoms with Crippen molar-refractivity contribution in [1.29, 1.82) is 0 Å². The van der Waals surface area contributed by atoms with E-state index in [9.17, 15) is 4.79 Å². The number of benzene rings is 1. The smallest absolute Gasteiger partial charge is 0.234 e. The second kappa shape index (κ2) is 9.48. The number of aromatic nitrogens is 4. The fourth-order valence-electron chi connectivity index (χ4n) is 2.87. The second-order valence-corrected chi connectivity index (χ2v) is 7.34. The number of aryl methyl sites for hydroxylation is 2. The molecule has 0 unspecified atom stereocenters. The summed E-state index contributed by atoms with van der Waals surface area (Å²) in [6, 6.07) is 9.75. The Morgan fingerprint density at radius 3 is 2.54 bits per heavy atom. The van der Waals surface area contributed by atoms with Gasteiger partial charge in [0, 0.05) is 30.8 Å². The van der Waals surface area contributed by atoms with Crippen LogP contribution in [0.25, 0.3) is 11.4 Å². The average molecular weight is 398 g/mol. The van der Waals surface area contributed by atoms with Gasteiger partial charge < -0.3 is 10.1 Å². The van der Waals surface area contributed by atoms with Crippen molar-refractivity contribution in [3.05, 3.63) is 53.9 Å². The highest BCUT2D eigenvalue weighted by molar-refractivity contribution is 7.99. The zero-order valence-corrected chi connectivity index (χ0v) is 17.0. The van der Waals surface area contributed by atoms with Crippen molar-refractivity contribution in [1.82, 2.24) is 19.7 Å². The Hall–Kier alpha value is -2.71. The third-order valence-corrected chi connectivity index (χ3v) is 4.98. The fraction of sp³-hybridized carbons (Fsp3) is 0.300. The predicted octanol–water partition coefficient (Wildman–Crippen LogP) is 3.33. The van der Waals surface area contributed by atoms with Crippen molar-refractivity contribution < 1.29 is 9.53 Å². The Bertz CT molecular complexity index is 923. The van der Waals surface area contributed by atoms with Gasteiger partial charge in [-0.25, -0.2) is 0 Å². The molecule has 28 heavy (non-hydrogen) atoms. The first-order valence-electron chi connectivity index (χ1n) is 8.90. The minimum atomic E-state index is -0.0817. The van der Waals surface area contributed by atoms with E-state index in [0.717, 1.165) is 28.2 Å². The number of rotatable bonds is 8. The standard InChI is InChI=1S/C20H23N5O2S/c1-14-10-15(2)12-17(11-14)22-18(26)13-28-20-24-23-19(25(20)8-9-27-3)16-4-6-21-7-5-16/h4-7,10-12H,8-9,13H2,1-3H3,(H,22,26). The Balaban J connectivity index is 1.71. The monoisotopic (exact) mass is 397 g/mol. The predicted molar refractivity (Wildman–Crippen MR) is 110 cm³/mol. The Morgan fingerprint density at radius 2 is 1.86 bits per heavy atom. The maximum atomic E-state index is 12.4. The number of carbonyl (C=O) groups excluding carboxylic acids is 1. The molecule has 146 valence electrons. The van der Waals surface area contributed by atoms with Gasteiger partial charge >= 0.3 is 0 Å². The summed E-state index contributed by atoms with van der Waals surface area (Å²) in [7, 11) is 1.65. The molecule has 1 N–H and O–H groups in total. The van der Waals surface area contributed by atoms with Crippen LogP contribution in [-0.4, -0.2) is 45.1 Å². The summed E-state index contributed by atoms with van der Waals surface area (Å²) in [4.78, 5) is 16.4. The molecule has 0 saturated carbocycles. The van der Waals surface area contributed by atoms with E-state index in [2.05, 4.69) is 26.6 Å². The van der Waals surface area contributed by atoms with Gasteiger partial charge in [-0.2, -0.15) is 0 Å². The number of ether oxygens (including phenoxy) is 1. The zero-order chi connectivity index (χ0) is 19.9. The SMILES string of the molecule is COCCn1c(SCC(=O)Nc2cc(C)cc(C)c2)nnc1-c1ccncc1. The highest BCUT2D eigenvalue weighted by Gasteiger charge is 2.15.